The van der Waals surface area contributed by atoms with Crippen molar-refractivity contribution in [3.05, 3.63) is 69.9 Å². The van der Waals surface area contributed by atoms with Crippen LogP contribution in [0.15, 0.2) is 64.9 Å². The minimum atomic E-state index is -0.0856. The van der Waals surface area contributed by atoms with Crippen molar-refractivity contribution >= 4 is 77.2 Å². The maximum atomic E-state index is 13.5. The van der Waals surface area contributed by atoms with Gasteiger partial charge in [-0.2, -0.15) is 0 Å². The van der Waals surface area contributed by atoms with Crippen LogP contribution in [-0.4, -0.2) is 28.7 Å². The van der Waals surface area contributed by atoms with Crippen molar-refractivity contribution in [2.75, 3.05) is 17.7 Å². The van der Waals surface area contributed by atoms with Crippen LogP contribution in [0.4, 0.5) is 5.13 Å². The molecule has 1 amide bonds. The quantitative estimate of drug-likeness (QED) is 0.265. The molecular weight excluding hydrogens is 451 g/mol. The lowest BCUT2D eigenvalue weighted by Crippen LogP contribution is -2.32. The van der Waals surface area contributed by atoms with Crippen molar-refractivity contribution in [2.45, 2.75) is 11.3 Å². The van der Waals surface area contributed by atoms with Gasteiger partial charge in [0.05, 0.1) is 20.4 Å². The molecule has 30 heavy (non-hydrogen) atoms. The summed E-state index contributed by atoms with van der Waals surface area (Å²) in [6.45, 7) is 0.573. The number of nitrogens with zero attached hydrogens (tertiary/aromatic N) is 3. The molecule has 3 aromatic heterocycles. The molecule has 0 radical (unpaired) electrons. The number of hydrogen-bond acceptors (Lipinski definition) is 7. The standard InChI is InChI=1S/C22H17N3OS4/c1-27-17-9-4-10-18-19(17)24-22(30-18)25(12-11-14-6-5-13-28-14)21(26)20-23-15-7-2-3-8-16(15)29-20/h2-10,13H,11-12H2,1H3. The van der Waals surface area contributed by atoms with Gasteiger partial charge in [-0.1, -0.05) is 35.6 Å². The summed E-state index contributed by atoms with van der Waals surface area (Å²) >= 11 is 6.39. The van der Waals surface area contributed by atoms with Crippen LogP contribution in [-0.2, 0) is 6.42 Å². The van der Waals surface area contributed by atoms with Crippen molar-refractivity contribution < 1.29 is 4.79 Å². The van der Waals surface area contributed by atoms with E-state index in [-0.39, 0.29) is 5.91 Å². The Morgan fingerprint density at radius 1 is 1.00 bits per heavy atom. The summed E-state index contributed by atoms with van der Waals surface area (Å²) in [5, 5.41) is 3.30. The number of hydrogen-bond donors (Lipinski definition) is 0. The number of carbonyl (C=O) groups excluding carboxylic acids is 1. The predicted molar refractivity (Wildman–Crippen MR) is 131 cm³/mol. The molecule has 5 rings (SSSR count). The SMILES string of the molecule is CSc1cccc2sc(N(CCc3cccs3)C(=O)c3nc4ccccc4s3)nc12. The lowest BCUT2D eigenvalue weighted by atomic mass is 10.3. The molecule has 0 unspecified atom stereocenters. The van der Waals surface area contributed by atoms with E-state index in [2.05, 4.69) is 34.8 Å². The zero-order valence-electron chi connectivity index (χ0n) is 16.1. The largest absolute Gasteiger partial charge is 0.289 e. The first-order chi connectivity index (χ1) is 14.7. The number of rotatable bonds is 6. The Labute approximate surface area is 190 Å². The Hall–Kier alpha value is -2.26. The first-order valence-corrected chi connectivity index (χ1v) is 13.1. The Balaban J connectivity index is 1.55. The molecular formula is C22H17N3OS4. The highest BCUT2D eigenvalue weighted by molar-refractivity contribution is 7.98. The van der Waals surface area contributed by atoms with Gasteiger partial charge in [0.15, 0.2) is 10.1 Å². The molecule has 0 aliphatic heterocycles. The molecule has 0 fully saturated rings. The molecule has 0 saturated heterocycles. The molecule has 0 spiro atoms. The van der Waals surface area contributed by atoms with Gasteiger partial charge < -0.3 is 0 Å². The minimum absolute atomic E-state index is 0.0856. The summed E-state index contributed by atoms with van der Waals surface area (Å²) in [6.07, 6.45) is 2.84. The van der Waals surface area contributed by atoms with Gasteiger partial charge in [0.1, 0.15) is 0 Å². The summed E-state index contributed by atoms with van der Waals surface area (Å²) in [4.78, 5) is 27.2. The third-order valence-electron chi connectivity index (χ3n) is 4.71. The Morgan fingerprint density at radius 3 is 2.67 bits per heavy atom. The predicted octanol–water partition coefficient (Wildman–Crippen LogP) is 6.58. The molecule has 4 nitrogen and oxygen atoms in total. The smallest absolute Gasteiger partial charge is 0.282 e. The van der Waals surface area contributed by atoms with E-state index in [9.17, 15) is 4.79 Å². The maximum Gasteiger partial charge on any atom is 0.289 e. The maximum absolute atomic E-state index is 13.5. The van der Waals surface area contributed by atoms with E-state index in [0.29, 0.717) is 11.6 Å². The van der Waals surface area contributed by atoms with E-state index in [1.54, 1.807) is 39.3 Å². The number of benzene rings is 2. The monoisotopic (exact) mass is 467 g/mol. The minimum Gasteiger partial charge on any atom is -0.282 e. The fourth-order valence-corrected chi connectivity index (χ4v) is 6.49. The zero-order valence-corrected chi connectivity index (χ0v) is 19.3. The first-order valence-electron chi connectivity index (χ1n) is 9.36. The van der Waals surface area contributed by atoms with E-state index in [1.165, 1.54) is 16.2 Å². The molecule has 3 heterocycles. The average molecular weight is 468 g/mol. The van der Waals surface area contributed by atoms with E-state index >= 15 is 0 Å². The number of fused-ring (bicyclic) bond motifs is 2. The molecule has 5 aromatic rings. The molecule has 0 bridgehead atoms. The van der Waals surface area contributed by atoms with E-state index < -0.39 is 0 Å². The van der Waals surface area contributed by atoms with Crippen LogP contribution < -0.4 is 4.90 Å². The lowest BCUT2D eigenvalue weighted by Gasteiger charge is -2.18. The number of thiophene rings is 1. The summed E-state index contributed by atoms with van der Waals surface area (Å²) < 4.78 is 2.11. The average Bonchev–Trinajstić information content (AvgIpc) is 3.51. The molecule has 0 aliphatic rings. The fourth-order valence-electron chi connectivity index (χ4n) is 3.23. The summed E-state index contributed by atoms with van der Waals surface area (Å²) in [5.41, 5.74) is 1.82. The van der Waals surface area contributed by atoms with Crippen molar-refractivity contribution in [3.8, 4) is 0 Å². The number of para-hydroxylation sites is 2. The van der Waals surface area contributed by atoms with Crippen LogP contribution in [0.5, 0.6) is 0 Å². The van der Waals surface area contributed by atoms with Crippen LogP contribution in [0, 0.1) is 0 Å². The van der Waals surface area contributed by atoms with E-state index in [0.717, 1.165) is 36.9 Å². The van der Waals surface area contributed by atoms with Crippen molar-refractivity contribution in [1.29, 1.82) is 0 Å². The van der Waals surface area contributed by atoms with E-state index in [4.69, 9.17) is 4.98 Å². The van der Waals surface area contributed by atoms with Crippen molar-refractivity contribution in [1.82, 2.24) is 9.97 Å². The first kappa shape index (κ1) is 19.7. The highest BCUT2D eigenvalue weighted by atomic mass is 32.2. The third kappa shape index (κ3) is 3.76. The zero-order chi connectivity index (χ0) is 20.5. The lowest BCUT2D eigenvalue weighted by molar-refractivity contribution is 0.0987. The van der Waals surface area contributed by atoms with Gasteiger partial charge >= 0.3 is 0 Å². The number of carbonyl (C=O) groups is 1. The molecule has 150 valence electrons. The molecule has 0 atom stereocenters. The van der Waals surface area contributed by atoms with Crippen LogP contribution >= 0.6 is 45.8 Å². The van der Waals surface area contributed by atoms with Gasteiger partial charge in [-0.15, -0.1) is 34.4 Å². The summed E-state index contributed by atoms with van der Waals surface area (Å²) in [5.74, 6) is -0.0856. The van der Waals surface area contributed by atoms with E-state index in [1.807, 2.05) is 36.4 Å². The van der Waals surface area contributed by atoms with Crippen molar-refractivity contribution in [2.24, 2.45) is 0 Å². The van der Waals surface area contributed by atoms with Gasteiger partial charge in [0.25, 0.3) is 5.91 Å². The Kier molecular flexibility index (Phi) is 5.56. The molecule has 0 saturated carbocycles. The van der Waals surface area contributed by atoms with Gasteiger partial charge in [0, 0.05) is 16.3 Å². The number of anilines is 1. The van der Waals surface area contributed by atoms with Crippen molar-refractivity contribution in [3.63, 3.8) is 0 Å². The molecule has 0 N–H and O–H groups in total. The normalized spacial score (nSPS) is 11.4. The fraction of sp³-hybridized carbons (Fsp3) is 0.136. The third-order valence-corrected chi connectivity index (χ3v) is 8.48. The molecule has 0 aliphatic carbocycles. The number of aromatic nitrogens is 2. The summed E-state index contributed by atoms with van der Waals surface area (Å²) in [7, 11) is 0. The second-order valence-electron chi connectivity index (χ2n) is 6.58. The van der Waals surface area contributed by atoms with Crippen LogP contribution in [0.2, 0.25) is 0 Å². The molecule has 2 aromatic carbocycles. The highest BCUT2D eigenvalue weighted by Gasteiger charge is 2.24. The van der Waals surface area contributed by atoms with Crippen LogP contribution in [0.25, 0.3) is 20.4 Å². The van der Waals surface area contributed by atoms with Gasteiger partial charge in [-0.3, -0.25) is 9.69 Å². The second-order valence-corrected chi connectivity index (χ2v) is 10.5. The highest BCUT2D eigenvalue weighted by Crippen LogP contribution is 2.35. The Bertz CT molecular complexity index is 1290. The number of thiazole rings is 2. The molecule has 8 heteroatoms. The van der Waals surface area contributed by atoms with Gasteiger partial charge in [0.2, 0.25) is 0 Å². The van der Waals surface area contributed by atoms with Crippen LogP contribution in [0.1, 0.15) is 14.7 Å². The topological polar surface area (TPSA) is 46.1 Å². The van der Waals surface area contributed by atoms with Gasteiger partial charge in [-0.05, 0) is 48.4 Å². The number of thioether (sulfide) groups is 1. The van der Waals surface area contributed by atoms with Gasteiger partial charge in [-0.25, -0.2) is 9.97 Å². The number of amides is 1. The summed E-state index contributed by atoms with van der Waals surface area (Å²) in [6, 6.07) is 18.2. The van der Waals surface area contributed by atoms with Crippen LogP contribution in [0.3, 0.4) is 0 Å². The second kappa shape index (κ2) is 8.47. The Morgan fingerprint density at radius 2 is 1.87 bits per heavy atom.